The van der Waals surface area contributed by atoms with Crippen molar-refractivity contribution < 1.29 is 14.7 Å². The van der Waals surface area contributed by atoms with E-state index in [4.69, 9.17) is 5.11 Å². The molecule has 0 heterocycles. The molecule has 0 spiro atoms. The molecule has 1 aliphatic rings. The van der Waals surface area contributed by atoms with Crippen LogP contribution in [-0.4, -0.2) is 54.7 Å². The van der Waals surface area contributed by atoms with E-state index >= 15 is 0 Å². The molecule has 19 heavy (non-hydrogen) atoms. The van der Waals surface area contributed by atoms with Crippen LogP contribution in [0.5, 0.6) is 0 Å². The normalized spacial score (nSPS) is 16.5. The molecule has 1 saturated carbocycles. The fourth-order valence-electron chi connectivity index (χ4n) is 1.72. The number of amides is 2. The van der Waals surface area contributed by atoms with Gasteiger partial charge in [-0.05, 0) is 46.7 Å². The maximum Gasteiger partial charge on any atom is 0.314 e. The first-order chi connectivity index (χ1) is 8.87. The van der Waals surface area contributed by atoms with Crippen LogP contribution in [0.4, 0.5) is 4.79 Å². The Morgan fingerprint density at radius 2 is 1.95 bits per heavy atom. The van der Waals surface area contributed by atoms with Crippen molar-refractivity contribution in [2.24, 2.45) is 5.41 Å². The number of carbonyl (C=O) groups excluding carboxylic acids is 1. The number of hydrogen-bond donors (Lipinski definition) is 3. The fraction of sp³-hybridized carbons (Fsp3) is 0.846. The van der Waals surface area contributed by atoms with Gasteiger partial charge in [0.25, 0.3) is 0 Å². The lowest BCUT2D eigenvalue weighted by Crippen LogP contribution is -2.41. The molecule has 0 atom stereocenters. The monoisotopic (exact) mass is 271 g/mol. The van der Waals surface area contributed by atoms with E-state index < -0.39 is 11.4 Å². The minimum absolute atomic E-state index is 0.222. The second-order valence-corrected chi connectivity index (χ2v) is 5.62. The maximum absolute atomic E-state index is 11.5. The van der Waals surface area contributed by atoms with Crippen molar-refractivity contribution in [2.45, 2.75) is 39.2 Å². The van der Waals surface area contributed by atoms with Crippen molar-refractivity contribution >= 4 is 12.0 Å². The molecule has 6 heteroatoms. The highest BCUT2D eigenvalue weighted by Crippen LogP contribution is 2.45. The fourth-order valence-corrected chi connectivity index (χ4v) is 1.72. The molecule has 0 radical (unpaired) electrons. The minimum atomic E-state index is -0.814. The van der Waals surface area contributed by atoms with Crippen LogP contribution < -0.4 is 10.6 Å². The van der Waals surface area contributed by atoms with Gasteiger partial charge >= 0.3 is 12.0 Å². The van der Waals surface area contributed by atoms with Crippen LogP contribution in [0.2, 0.25) is 0 Å². The highest BCUT2D eigenvalue weighted by Gasteiger charge is 2.50. The summed E-state index contributed by atoms with van der Waals surface area (Å²) in [5, 5.41) is 14.3. The third kappa shape index (κ3) is 5.06. The lowest BCUT2D eigenvalue weighted by Gasteiger charge is -2.20. The number of nitrogens with zero attached hydrogens (tertiary/aromatic N) is 1. The molecule has 0 unspecified atom stereocenters. The number of hydrogen-bond acceptors (Lipinski definition) is 3. The van der Waals surface area contributed by atoms with Crippen LogP contribution in [0.3, 0.4) is 0 Å². The topological polar surface area (TPSA) is 81.7 Å². The molecule has 0 aromatic carbocycles. The number of carboxylic acids is 1. The molecule has 110 valence electrons. The van der Waals surface area contributed by atoms with Gasteiger partial charge in [0.2, 0.25) is 0 Å². The Labute approximate surface area is 114 Å². The Balaban J connectivity index is 2.07. The van der Waals surface area contributed by atoms with E-state index in [1.165, 1.54) is 0 Å². The molecule has 1 fully saturated rings. The number of carbonyl (C=O) groups is 2. The van der Waals surface area contributed by atoms with E-state index in [-0.39, 0.29) is 12.6 Å². The number of nitrogens with one attached hydrogen (secondary N) is 2. The van der Waals surface area contributed by atoms with E-state index in [1.54, 1.807) is 0 Å². The number of rotatable bonds is 8. The lowest BCUT2D eigenvalue weighted by molar-refractivity contribution is -0.143. The summed E-state index contributed by atoms with van der Waals surface area (Å²) in [6.45, 7) is 6.00. The molecule has 0 aromatic rings. The van der Waals surface area contributed by atoms with E-state index in [0.717, 1.165) is 13.0 Å². The van der Waals surface area contributed by atoms with Gasteiger partial charge in [-0.2, -0.15) is 0 Å². The predicted molar refractivity (Wildman–Crippen MR) is 73.1 cm³/mol. The van der Waals surface area contributed by atoms with Crippen LogP contribution in [0.15, 0.2) is 0 Å². The maximum atomic E-state index is 11.5. The summed E-state index contributed by atoms with van der Waals surface area (Å²) in [4.78, 5) is 24.6. The van der Waals surface area contributed by atoms with Crippen LogP contribution in [0, 0.1) is 5.41 Å². The molecule has 0 aliphatic heterocycles. The van der Waals surface area contributed by atoms with E-state index in [0.29, 0.717) is 25.4 Å². The Hall–Kier alpha value is -1.30. The Kier molecular flexibility index (Phi) is 5.60. The average molecular weight is 271 g/mol. The molecule has 2 amide bonds. The quantitative estimate of drug-likeness (QED) is 0.572. The van der Waals surface area contributed by atoms with Crippen molar-refractivity contribution in [2.75, 3.05) is 26.7 Å². The van der Waals surface area contributed by atoms with E-state index in [1.807, 2.05) is 0 Å². The summed E-state index contributed by atoms with van der Waals surface area (Å²) in [7, 11) is 2.05. The zero-order valence-electron chi connectivity index (χ0n) is 12.0. The highest BCUT2D eigenvalue weighted by atomic mass is 16.4. The first-order valence-corrected chi connectivity index (χ1v) is 6.83. The molecule has 1 aliphatic carbocycles. The zero-order valence-corrected chi connectivity index (χ0v) is 12.0. The first-order valence-electron chi connectivity index (χ1n) is 6.83. The van der Waals surface area contributed by atoms with Gasteiger partial charge in [-0.3, -0.25) is 4.79 Å². The third-order valence-corrected chi connectivity index (χ3v) is 3.75. The predicted octanol–water partition coefficient (Wildman–Crippen LogP) is 0.881. The van der Waals surface area contributed by atoms with Gasteiger partial charge in [0.1, 0.15) is 0 Å². The van der Waals surface area contributed by atoms with E-state index in [2.05, 4.69) is 36.4 Å². The van der Waals surface area contributed by atoms with Gasteiger partial charge in [0.05, 0.1) is 5.41 Å². The Bertz CT molecular complexity index is 327. The smallest absolute Gasteiger partial charge is 0.314 e. The number of aliphatic carboxylic acids is 1. The van der Waals surface area contributed by atoms with Gasteiger partial charge < -0.3 is 20.6 Å². The van der Waals surface area contributed by atoms with Crippen molar-refractivity contribution in [3.05, 3.63) is 0 Å². The summed E-state index contributed by atoms with van der Waals surface area (Å²) >= 11 is 0. The van der Waals surface area contributed by atoms with Gasteiger partial charge in [-0.1, -0.05) is 0 Å². The van der Waals surface area contributed by atoms with Gasteiger partial charge in [0, 0.05) is 19.1 Å². The summed E-state index contributed by atoms with van der Waals surface area (Å²) in [5.74, 6) is -0.814. The average Bonchev–Trinajstić information content (AvgIpc) is 3.12. The molecule has 0 aromatic heterocycles. The molecular formula is C13H25N3O3. The summed E-state index contributed by atoms with van der Waals surface area (Å²) in [6, 6.07) is 0.221. The van der Waals surface area contributed by atoms with Crippen molar-refractivity contribution in [3.63, 3.8) is 0 Å². The summed E-state index contributed by atoms with van der Waals surface area (Å²) < 4.78 is 0. The number of carboxylic acid groups (broad SMARTS) is 1. The third-order valence-electron chi connectivity index (χ3n) is 3.75. The summed E-state index contributed by atoms with van der Waals surface area (Å²) in [6.07, 6.45) is 2.19. The van der Waals surface area contributed by atoms with Crippen LogP contribution in [0.1, 0.15) is 33.1 Å². The Morgan fingerprint density at radius 1 is 1.32 bits per heavy atom. The second kappa shape index (κ2) is 6.75. The second-order valence-electron chi connectivity index (χ2n) is 5.62. The van der Waals surface area contributed by atoms with Crippen LogP contribution >= 0.6 is 0 Å². The zero-order chi connectivity index (χ0) is 14.5. The molecule has 0 bridgehead atoms. The standard InChI is InChI=1S/C13H25N3O3/c1-10(2)16(3)8-4-7-14-12(19)15-9-13(5-6-13)11(17)18/h10H,4-9H2,1-3H3,(H,17,18)(H2,14,15,19). The van der Waals surface area contributed by atoms with Crippen molar-refractivity contribution in [1.29, 1.82) is 0 Å². The van der Waals surface area contributed by atoms with Gasteiger partial charge in [-0.15, -0.1) is 0 Å². The largest absolute Gasteiger partial charge is 0.481 e. The minimum Gasteiger partial charge on any atom is -0.481 e. The van der Waals surface area contributed by atoms with Crippen LogP contribution in [0.25, 0.3) is 0 Å². The van der Waals surface area contributed by atoms with Gasteiger partial charge in [-0.25, -0.2) is 4.79 Å². The van der Waals surface area contributed by atoms with Crippen molar-refractivity contribution in [3.8, 4) is 0 Å². The van der Waals surface area contributed by atoms with E-state index in [9.17, 15) is 9.59 Å². The Morgan fingerprint density at radius 3 is 2.42 bits per heavy atom. The molecular weight excluding hydrogens is 246 g/mol. The van der Waals surface area contributed by atoms with Crippen LogP contribution in [-0.2, 0) is 4.79 Å². The highest BCUT2D eigenvalue weighted by molar-refractivity contribution is 5.80. The van der Waals surface area contributed by atoms with Gasteiger partial charge in [0.15, 0.2) is 0 Å². The first kappa shape index (κ1) is 15.8. The summed E-state index contributed by atoms with van der Waals surface area (Å²) in [5.41, 5.74) is -0.699. The molecule has 1 rings (SSSR count). The molecule has 3 N–H and O–H groups in total. The SMILES string of the molecule is CC(C)N(C)CCCNC(=O)NCC1(C(=O)O)CC1. The number of urea groups is 1. The van der Waals surface area contributed by atoms with Crippen molar-refractivity contribution in [1.82, 2.24) is 15.5 Å². The molecule has 6 nitrogen and oxygen atoms in total. The lowest BCUT2D eigenvalue weighted by atomic mass is 10.1. The molecule has 0 saturated heterocycles.